The Morgan fingerprint density at radius 1 is 1.10 bits per heavy atom. The van der Waals surface area contributed by atoms with E-state index in [4.69, 9.17) is 5.26 Å². The van der Waals surface area contributed by atoms with Gasteiger partial charge in [0.1, 0.15) is 6.04 Å². The molecule has 2 amide bonds. The summed E-state index contributed by atoms with van der Waals surface area (Å²) >= 11 is 0. The Morgan fingerprint density at radius 3 is 2.19 bits per heavy atom. The number of rotatable bonds is 11. The minimum atomic E-state index is -0.144. The van der Waals surface area contributed by atoms with E-state index in [1.165, 1.54) is 32.1 Å². The summed E-state index contributed by atoms with van der Waals surface area (Å²) in [6.45, 7) is 2.97. The van der Waals surface area contributed by atoms with Gasteiger partial charge in [0, 0.05) is 19.9 Å². The molecule has 0 bridgehead atoms. The van der Waals surface area contributed by atoms with Gasteiger partial charge in [-0.1, -0.05) is 38.5 Å². The Balaban J connectivity index is 1.78. The topological polar surface area (TPSA) is 73.0 Å². The molecule has 1 N–H and O–H groups in total. The summed E-state index contributed by atoms with van der Waals surface area (Å²) in [6.07, 6.45) is 9.72. The molecular weight excluding hydrogens is 266 g/mol. The van der Waals surface area contributed by atoms with E-state index >= 15 is 0 Å². The Kier molecular flexibility index (Phi) is 8.49. The van der Waals surface area contributed by atoms with E-state index in [1.54, 1.807) is 11.8 Å². The fourth-order valence-corrected chi connectivity index (χ4v) is 2.40. The molecule has 0 aromatic carbocycles. The molecule has 5 nitrogen and oxygen atoms in total. The van der Waals surface area contributed by atoms with Crippen molar-refractivity contribution < 1.29 is 9.59 Å². The van der Waals surface area contributed by atoms with E-state index in [1.807, 2.05) is 0 Å². The van der Waals surface area contributed by atoms with Crippen LogP contribution in [-0.4, -0.2) is 35.8 Å². The molecule has 1 saturated heterocycles. The number of nitrogens with one attached hydrogen (secondary N) is 1. The van der Waals surface area contributed by atoms with Crippen LogP contribution in [0, 0.1) is 11.3 Å². The first kappa shape index (κ1) is 17.5. The number of hydrogen-bond acceptors (Lipinski definition) is 3. The second kappa shape index (κ2) is 10.2. The lowest BCUT2D eigenvalue weighted by molar-refractivity contribution is -0.126. The number of carbonyl (C=O) groups is 2. The quantitative estimate of drug-likeness (QED) is 0.469. The van der Waals surface area contributed by atoms with Gasteiger partial charge < -0.3 is 10.2 Å². The standard InChI is InChI=1S/C16H27N3O2/c1-14(20)18-11-9-7-5-3-2-4-6-8-10-16(21)19-13-15(19)12-17/h15H,2-11,13H2,1H3,(H,18,20). The van der Waals surface area contributed by atoms with Gasteiger partial charge in [-0.2, -0.15) is 5.26 Å². The largest absolute Gasteiger partial charge is 0.356 e. The highest BCUT2D eigenvalue weighted by Crippen LogP contribution is 2.19. The maximum atomic E-state index is 11.6. The van der Waals surface area contributed by atoms with Crippen LogP contribution in [0.2, 0.25) is 0 Å². The van der Waals surface area contributed by atoms with Crippen molar-refractivity contribution in [2.45, 2.75) is 70.8 Å². The van der Waals surface area contributed by atoms with E-state index in [0.717, 1.165) is 25.8 Å². The molecule has 5 heteroatoms. The van der Waals surface area contributed by atoms with Crippen molar-refractivity contribution in [1.82, 2.24) is 10.2 Å². The van der Waals surface area contributed by atoms with E-state index < -0.39 is 0 Å². The van der Waals surface area contributed by atoms with Gasteiger partial charge in [0.25, 0.3) is 0 Å². The Morgan fingerprint density at radius 2 is 1.67 bits per heavy atom. The molecule has 0 aliphatic carbocycles. The molecule has 21 heavy (non-hydrogen) atoms. The minimum absolute atomic E-state index is 0.0492. The zero-order valence-electron chi connectivity index (χ0n) is 13.1. The maximum absolute atomic E-state index is 11.6. The molecule has 1 rings (SSSR count). The van der Waals surface area contributed by atoms with Gasteiger partial charge in [0.15, 0.2) is 0 Å². The average Bonchev–Trinajstić information content (AvgIpc) is 3.23. The van der Waals surface area contributed by atoms with Crippen LogP contribution in [0.3, 0.4) is 0 Å². The zero-order valence-corrected chi connectivity index (χ0v) is 13.1. The van der Waals surface area contributed by atoms with Crippen LogP contribution in [0.25, 0.3) is 0 Å². The molecule has 1 atom stereocenters. The highest BCUT2D eigenvalue weighted by atomic mass is 16.2. The third-order valence-electron chi connectivity index (χ3n) is 3.77. The highest BCUT2D eigenvalue weighted by molar-refractivity contribution is 5.79. The Hall–Kier alpha value is -1.57. The lowest BCUT2D eigenvalue weighted by atomic mass is 10.1. The monoisotopic (exact) mass is 293 g/mol. The van der Waals surface area contributed by atoms with Crippen molar-refractivity contribution in [3.05, 3.63) is 0 Å². The lowest BCUT2D eigenvalue weighted by Crippen LogP contribution is -2.20. The first-order valence-electron chi connectivity index (χ1n) is 8.08. The van der Waals surface area contributed by atoms with Gasteiger partial charge >= 0.3 is 0 Å². The van der Waals surface area contributed by atoms with Crippen LogP contribution < -0.4 is 5.32 Å². The molecule has 0 aromatic rings. The molecule has 1 fully saturated rings. The molecule has 0 saturated carbocycles. The first-order chi connectivity index (χ1) is 10.1. The molecule has 0 aromatic heterocycles. The molecule has 1 unspecified atom stereocenters. The number of nitrogens with zero attached hydrogens (tertiary/aromatic N) is 2. The summed E-state index contributed by atoms with van der Waals surface area (Å²) in [5.41, 5.74) is 0. The third kappa shape index (κ3) is 8.34. The predicted octanol–water partition coefficient (Wildman–Crippen LogP) is 2.37. The second-order valence-electron chi connectivity index (χ2n) is 5.75. The van der Waals surface area contributed by atoms with Gasteiger partial charge in [-0.05, 0) is 12.8 Å². The minimum Gasteiger partial charge on any atom is -0.356 e. The van der Waals surface area contributed by atoms with Crippen molar-refractivity contribution in [3.63, 3.8) is 0 Å². The molecule has 1 heterocycles. The van der Waals surface area contributed by atoms with Crippen molar-refractivity contribution >= 4 is 11.8 Å². The van der Waals surface area contributed by atoms with Crippen LogP contribution in [-0.2, 0) is 9.59 Å². The third-order valence-corrected chi connectivity index (χ3v) is 3.77. The number of hydrogen-bond donors (Lipinski definition) is 1. The van der Waals surface area contributed by atoms with Crippen LogP contribution >= 0.6 is 0 Å². The van der Waals surface area contributed by atoms with Crippen molar-refractivity contribution in [2.24, 2.45) is 0 Å². The summed E-state index contributed by atoms with van der Waals surface area (Å²) in [7, 11) is 0. The van der Waals surface area contributed by atoms with E-state index in [2.05, 4.69) is 11.4 Å². The summed E-state index contributed by atoms with van der Waals surface area (Å²) < 4.78 is 0. The van der Waals surface area contributed by atoms with Crippen LogP contribution in [0.5, 0.6) is 0 Å². The van der Waals surface area contributed by atoms with Gasteiger partial charge in [-0.15, -0.1) is 0 Å². The van der Waals surface area contributed by atoms with Gasteiger partial charge in [0.05, 0.1) is 12.6 Å². The van der Waals surface area contributed by atoms with Gasteiger partial charge in [-0.25, -0.2) is 0 Å². The molecule has 0 radical (unpaired) electrons. The normalized spacial score (nSPS) is 16.4. The Labute approximate surface area is 127 Å². The summed E-state index contributed by atoms with van der Waals surface area (Å²) in [5.74, 6) is 0.188. The summed E-state index contributed by atoms with van der Waals surface area (Å²) in [5, 5.41) is 11.4. The van der Waals surface area contributed by atoms with Crippen molar-refractivity contribution in [2.75, 3.05) is 13.1 Å². The van der Waals surface area contributed by atoms with Gasteiger partial charge in [0.2, 0.25) is 11.8 Å². The van der Waals surface area contributed by atoms with E-state index in [9.17, 15) is 9.59 Å². The summed E-state index contributed by atoms with van der Waals surface area (Å²) in [6, 6.07) is 1.95. The highest BCUT2D eigenvalue weighted by Gasteiger charge is 2.37. The average molecular weight is 293 g/mol. The number of carbonyl (C=O) groups excluding carboxylic acids is 2. The lowest BCUT2D eigenvalue weighted by Gasteiger charge is -2.04. The van der Waals surface area contributed by atoms with Crippen LogP contribution in [0.1, 0.15) is 64.7 Å². The number of amides is 2. The smallest absolute Gasteiger partial charge is 0.223 e. The maximum Gasteiger partial charge on any atom is 0.223 e. The van der Waals surface area contributed by atoms with Crippen molar-refractivity contribution in [3.8, 4) is 6.07 Å². The van der Waals surface area contributed by atoms with Crippen LogP contribution in [0.4, 0.5) is 0 Å². The molecule has 118 valence electrons. The molecule has 1 aliphatic heterocycles. The fraction of sp³-hybridized carbons (Fsp3) is 0.812. The number of nitriles is 1. The molecule has 0 spiro atoms. The zero-order chi connectivity index (χ0) is 15.5. The van der Waals surface area contributed by atoms with Gasteiger partial charge in [-0.3, -0.25) is 9.59 Å². The molecular formula is C16H27N3O2. The van der Waals surface area contributed by atoms with Crippen LogP contribution in [0.15, 0.2) is 0 Å². The fourth-order valence-electron chi connectivity index (χ4n) is 2.40. The van der Waals surface area contributed by atoms with E-state index in [-0.39, 0.29) is 17.9 Å². The summed E-state index contributed by atoms with van der Waals surface area (Å²) in [4.78, 5) is 23.9. The second-order valence-corrected chi connectivity index (χ2v) is 5.75. The predicted molar refractivity (Wildman–Crippen MR) is 81.4 cm³/mol. The SMILES string of the molecule is CC(=O)NCCCCCCCCCCC(=O)N1CC1C#N. The van der Waals surface area contributed by atoms with E-state index in [0.29, 0.717) is 13.0 Å². The number of unbranched alkanes of at least 4 members (excludes halogenated alkanes) is 7. The molecule has 1 aliphatic rings. The Bertz CT molecular complexity index is 376. The first-order valence-corrected chi connectivity index (χ1v) is 8.08. The van der Waals surface area contributed by atoms with Crippen molar-refractivity contribution in [1.29, 1.82) is 5.26 Å².